The maximum atomic E-state index is 11.5. The van der Waals surface area contributed by atoms with Crippen molar-refractivity contribution in [2.24, 2.45) is 0 Å². The molecule has 0 fully saturated rings. The second-order valence-corrected chi connectivity index (χ2v) is 5.00. The third-order valence-corrected chi connectivity index (χ3v) is 4.00. The molecule has 0 aliphatic rings. The number of carbonyl (C=O) groups is 1. The van der Waals surface area contributed by atoms with Gasteiger partial charge in [-0.3, -0.25) is 4.79 Å². The molecular weight excluding hydrogens is 224 g/mol. The van der Waals surface area contributed by atoms with Crippen molar-refractivity contribution in [1.82, 2.24) is 0 Å². The molecule has 0 aliphatic carbocycles. The Kier molecular flexibility index (Phi) is 4.84. The highest BCUT2D eigenvalue weighted by Gasteiger charge is 2.10. The molecule has 0 atom stereocenters. The number of carbonyl (C=O) groups excluding carboxylic acids is 1. The van der Waals surface area contributed by atoms with Crippen LogP contribution in [0.1, 0.15) is 23.0 Å². The molecule has 0 N–H and O–H groups in total. The van der Waals surface area contributed by atoms with Gasteiger partial charge in [0.05, 0.1) is 15.7 Å². The lowest BCUT2D eigenvalue weighted by atomic mass is 10.3. The number of Topliss-reactive ketones (excluding diaryl/α,β-unsaturated/α-hetero) is 1. The van der Waals surface area contributed by atoms with E-state index in [1.54, 1.807) is 17.8 Å². The molecule has 0 aliphatic heterocycles. The SMILES string of the molecule is CCCSCC(=O)c1sccc1Cl. The minimum atomic E-state index is 0.151. The molecule has 1 heterocycles. The first kappa shape index (κ1) is 11.1. The summed E-state index contributed by atoms with van der Waals surface area (Å²) < 4.78 is 0. The fourth-order valence-electron chi connectivity index (χ4n) is 0.867. The third kappa shape index (κ3) is 3.33. The summed E-state index contributed by atoms with van der Waals surface area (Å²) in [7, 11) is 0. The van der Waals surface area contributed by atoms with Gasteiger partial charge in [-0.25, -0.2) is 0 Å². The summed E-state index contributed by atoms with van der Waals surface area (Å²) in [5.41, 5.74) is 0. The molecule has 0 amide bonds. The lowest BCUT2D eigenvalue weighted by molar-refractivity contribution is 0.102. The summed E-state index contributed by atoms with van der Waals surface area (Å²) in [5, 5.41) is 2.44. The number of halogens is 1. The number of thiophene rings is 1. The average molecular weight is 235 g/mol. The van der Waals surface area contributed by atoms with Crippen LogP contribution in [0.15, 0.2) is 11.4 Å². The Balaban J connectivity index is 2.45. The van der Waals surface area contributed by atoms with Gasteiger partial charge in [-0.2, -0.15) is 11.8 Å². The van der Waals surface area contributed by atoms with Gasteiger partial charge in [0.15, 0.2) is 5.78 Å². The predicted molar refractivity (Wildman–Crippen MR) is 61.3 cm³/mol. The first-order valence-corrected chi connectivity index (χ1v) is 6.51. The molecule has 1 nitrogen and oxygen atoms in total. The van der Waals surface area contributed by atoms with Crippen LogP contribution in [0.4, 0.5) is 0 Å². The zero-order chi connectivity index (χ0) is 9.68. The van der Waals surface area contributed by atoms with Gasteiger partial charge in [0.2, 0.25) is 0 Å². The topological polar surface area (TPSA) is 17.1 Å². The van der Waals surface area contributed by atoms with Crippen molar-refractivity contribution in [3.8, 4) is 0 Å². The lowest BCUT2D eigenvalue weighted by Gasteiger charge is -1.97. The summed E-state index contributed by atoms with van der Waals surface area (Å²) in [5.74, 6) is 1.74. The fraction of sp³-hybridized carbons (Fsp3) is 0.444. The Labute approximate surface area is 91.5 Å². The van der Waals surface area contributed by atoms with Gasteiger partial charge in [-0.1, -0.05) is 18.5 Å². The van der Waals surface area contributed by atoms with Crippen LogP contribution in [0.25, 0.3) is 0 Å². The lowest BCUT2D eigenvalue weighted by Crippen LogP contribution is -2.00. The Morgan fingerprint density at radius 3 is 3.00 bits per heavy atom. The number of thioether (sulfide) groups is 1. The van der Waals surface area contributed by atoms with Crippen molar-refractivity contribution in [2.75, 3.05) is 11.5 Å². The van der Waals surface area contributed by atoms with E-state index in [1.807, 2.05) is 5.38 Å². The van der Waals surface area contributed by atoms with E-state index in [1.165, 1.54) is 11.3 Å². The van der Waals surface area contributed by atoms with Gasteiger partial charge in [-0.15, -0.1) is 11.3 Å². The molecule has 0 saturated carbocycles. The van der Waals surface area contributed by atoms with E-state index in [0.29, 0.717) is 15.7 Å². The van der Waals surface area contributed by atoms with Crippen molar-refractivity contribution < 1.29 is 4.79 Å². The fourth-order valence-corrected chi connectivity index (χ4v) is 2.82. The smallest absolute Gasteiger partial charge is 0.184 e. The molecule has 0 aromatic carbocycles. The van der Waals surface area contributed by atoms with Gasteiger partial charge < -0.3 is 0 Å². The quantitative estimate of drug-likeness (QED) is 0.571. The normalized spacial score (nSPS) is 10.3. The first-order valence-electron chi connectivity index (χ1n) is 4.09. The van der Waals surface area contributed by atoms with E-state index in [0.717, 1.165) is 12.2 Å². The van der Waals surface area contributed by atoms with Crippen molar-refractivity contribution in [3.05, 3.63) is 21.3 Å². The molecule has 72 valence electrons. The summed E-state index contributed by atoms with van der Waals surface area (Å²) in [6, 6.07) is 1.77. The second-order valence-electron chi connectivity index (χ2n) is 2.57. The molecule has 1 aromatic heterocycles. The molecule has 0 unspecified atom stereocenters. The highest BCUT2D eigenvalue weighted by Crippen LogP contribution is 2.23. The van der Waals surface area contributed by atoms with Crippen LogP contribution >= 0.6 is 34.7 Å². The molecule has 0 saturated heterocycles. The van der Waals surface area contributed by atoms with Crippen LogP contribution < -0.4 is 0 Å². The second kappa shape index (κ2) is 5.68. The van der Waals surface area contributed by atoms with E-state index in [4.69, 9.17) is 11.6 Å². The molecule has 0 radical (unpaired) electrons. The molecule has 1 rings (SSSR count). The summed E-state index contributed by atoms with van der Waals surface area (Å²) in [6.45, 7) is 2.11. The Hall–Kier alpha value is 0.01000. The van der Waals surface area contributed by atoms with E-state index in [-0.39, 0.29) is 5.78 Å². The van der Waals surface area contributed by atoms with Crippen LogP contribution in [0.5, 0.6) is 0 Å². The largest absolute Gasteiger partial charge is 0.292 e. The molecule has 0 bridgehead atoms. The van der Waals surface area contributed by atoms with Crippen LogP contribution in [0.3, 0.4) is 0 Å². The number of hydrogen-bond acceptors (Lipinski definition) is 3. The average Bonchev–Trinajstić information content (AvgIpc) is 2.52. The molecular formula is C9H11ClOS2. The maximum absolute atomic E-state index is 11.5. The molecule has 4 heteroatoms. The zero-order valence-corrected chi connectivity index (χ0v) is 9.77. The maximum Gasteiger partial charge on any atom is 0.184 e. The molecule has 0 spiro atoms. The van der Waals surface area contributed by atoms with Crippen molar-refractivity contribution in [2.45, 2.75) is 13.3 Å². The summed E-state index contributed by atoms with van der Waals surface area (Å²) in [4.78, 5) is 12.2. The van der Waals surface area contributed by atoms with Crippen molar-refractivity contribution >= 4 is 40.5 Å². The van der Waals surface area contributed by atoms with Crippen molar-refractivity contribution in [1.29, 1.82) is 0 Å². The molecule has 1 aromatic rings. The van der Waals surface area contributed by atoms with Crippen LogP contribution in [-0.4, -0.2) is 17.3 Å². The van der Waals surface area contributed by atoms with Crippen LogP contribution in [0.2, 0.25) is 5.02 Å². The Morgan fingerprint density at radius 1 is 1.69 bits per heavy atom. The number of hydrogen-bond donors (Lipinski definition) is 0. The summed E-state index contributed by atoms with van der Waals surface area (Å²) >= 11 is 8.92. The highest BCUT2D eigenvalue weighted by atomic mass is 35.5. The van der Waals surface area contributed by atoms with Crippen LogP contribution in [-0.2, 0) is 0 Å². The standard InChI is InChI=1S/C9H11ClOS2/c1-2-4-12-6-8(11)9-7(10)3-5-13-9/h3,5H,2,4,6H2,1H3. The monoisotopic (exact) mass is 234 g/mol. The Morgan fingerprint density at radius 2 is 2.46 bits per heavy atom. The zero-order valence-electron chi connectivity index (χ0n) is 7.38. The van der Waals surface area contributed by atoms with Gasteiger partial charge in [0, 0.05) is 0 Å². The minimum absolute atomic E-state index is 0.151. The first-order chi connectivity index (χ1) is 6.25. The Bertz CT molecular complexity index is 283. The predicted octanol–water partition coefficient (Wildman–Crippen LogP) is 3.73. The third-order valence-electron chi connectivity index (χ3n) is 1.45. The van der Waals surface area contributed by atoms with E-state index in [2.05, 4.69) is 6.92 Å². The van der Waals surface area contributed by atoms with Gasteiger partial charge in [0.1, 0.15) is 0 Å². The minimum Gasteiger partial charge on any atom is -0.292 e. The van der Waals surface area contributed by atoms with Crippen molar-refractivity contribution in [3.63, 3.8) is 0 Å². The van der Waals surface area contributed by atoms with E-state index < -0.39 is 0 Å². The van der Waals surface area contributed by atoms with E-state index in [9.17, 15) is 4.79 Å². The van der Waals surface area contributed by atoms with Gasteiger partial charge in [-0.05, 0) is 23.6 Å². The number of ketones is 1. The number of rotatable bonds is 5. The van der Waals surface area contributed by atoms with Gasteiger partial charge in [0.25, 0.3) is 0 Å². The highest BCUT2D eigenvalue weighted by molar-refractivity contribution is 7.99. The van der Waals surface area contributed by atoms with E-state index >= 15 is 0 Å². The summed E-state index contributed by atoms with van der Waals surface area (Å²) in [6.07, 6.45) is 1.11. The molecule has 13 heavy (non-hydrogen) atoms. The van der Waals surface area contributed by atoms with Crippen LogP contribution in [0, 0.1) is 0 Å². The van der Waals surface area contributed by atoms with Gasteiger partial charge >= 0.3 is 0 Å².